The quantitative estimate of drug-likeness (QED) is 0.511. The van der Waals surface area contributed by atoms with Crippen LogP contribution in [0.25, 0.3) is 6.08 Å². The number of nitrogens with one attached hydrogen (secondary N) is 2. The Morgan fingerprint density at radius 2 is 1.93 bits per heavy atom. The summed E-state index contributed by atoms with van der Waals surface area (Å²) in [6, 6.07) is 8.05. The topological polar surface area (TPSA) is 84.2 Å². The van der Waals surface area contributed by atoms with Gasteiger partial charge in [-0.25, -0.2) is 0 Å². The highest BCUT2D eigenvalue weighted by Gasteiger charge is 2.25. The minimum atomic E-state index is -0.472. The van der Waals surface area contributed by atoms with Crippen molar-refractivity contribution in [2.45, 2.75) is 39.0 Å². The van der Waals surface area contributed by atoms with Crippen molar-refractivity contribution in [3.8, 4) is 0 Å². The van der Waals surface area contributed by atoms with Gasteiger partial charge in [0.2, 0.25) is 5.91 Å². The smallest absolute Gasteiger partial charge is 0.251 e. The molecular formula is C21H23N3O2S2. The number of aryl methyl sites for hydroxylation is 1. The average Bonchev–Trinajstić information content (AvgIpc) is 3.20. The minimum Gasteiger partial charge on any atom is -0.365 e. The van der Waals surface area contributed by atoms with Crippen LogP contribution in [0.3, 0.4) is 0 Å². The minimum absolute atomic E-state index is 0.146. The lowest BCUT2D eigenvalue weighted by Crippen LogP contribution is -2.33. The normalized spacial score (nSPS) is 13.0. The highest BCUT2D eigenvalue weighted by atomic mass is 32.1. The highest BCUT2D eigenvalue weighted by molar-refractivity contribution is 7.80. The Hall–Kier alpha value is -2.51. The first-order valence-corrected chi connectivity index (χ1v) is 10.4. The van der Waals surface area contributed by atoms with E-state index in [-0.39, 0.29) is 11.0 Å². The van der Waals surface area contributed by atoms with Crippen LogP contribution in [-0.2, 0) is 17.6 Å². The summed E-state index contributed by atoms with van der Waals surface area (Å²) in [5, 5.41) is 6.31. The van der Waals surface area contributed by atoms with E-state index in [4.69, 9.17) is 18.0 Å². The lowest BCUT2D eigenvalue weighted by Gasteiger charge is -2.08. The lowest BCUT2D eigenvalue weighted by atomic mass is 10.0. The van der Waals surface area contributed by atoms with Gasteiger partial charge in [0.25, 0.3) is 5.91 Å². The van der Waals surface area contributed by atoms with Gasteiger partial charge in [0.15, 0.2) is 5.11 Å². The molecule has 2 amide bonds. The van der Waals surface area contributed by atoms with Crippen LogP contribution in [0, 0.1) is 0 Å². The van der Waals surface area contributed by atoms with Crippen LogP contribution in [0.5, 0.6) is 0 Å². The molecular weight excluding hydrogens is 390 g/mol. The Kier molecular flexibility index (Phi) is 6.26. The molecule has 28 heavy (non-hydrogen) atoms. The largest absolute Gasteiger partial charge is 0.365 e. The van der Waals surface area contributed by atoms with Gasteiger partial charge in [-0.2, -0.15) is 0 Å². The number of nitrogens with two attached hydrogens (primary N) is 1. The zero-order valence-corrected chi connectivity index (χ0v) is 17.5. The van der Waals surface area contributed by atoms with Crippen molar-refractivity contribution in [3.05, 3.63) is 57.5 Å². The molecule has 2 aromatic rings. The van der Waals surface area contributed by atoms with E-state index >= 15 is 0 Å². The van der Waals surface area contributed by atoms with Crippen molar-refractivity contribution in [2.24, 2.45) is 5.73 Å². The lowest BCUT2D eigenvalue weighted by molar-refractivity contribution is -0.115. The van der Waals surface area contributed by atoms with Gasteiger partial charge in [-0.15, -0.1) is 11.3 Å². The third-order valence-corrected chi connectivity index (χ3v) is 6.07. The molecule has 1 aliphatic carbocycles. The van der Waals surface area contributed by atoms with Gasteiger partial charge in [-0.3, -0.25) is 14.9 Å². The summed E-state index contributed by atoms with van der Waals surface area (Å²) in [5.74, 6) is -0.343. The fraction of sp³-hybridized carbons (Fsp3) is 0.286. The molecule has 0 aliphatic heterocycles. The van der Waals surface area contributed by atoms with Gasteiger partial charge in [0.1, 0.15) is 5.00 Å². The maximum Gasteiger partial charge on any atom is 0.251 e. The number of anilines is 1. The van der Waals surface area contributed by atoms with Gasteiger partial charge in [-0.1, -0.05) is 38.1 Å². The number of thiophene rings is 1. The standard InChI is InChI=1S/C21H23N3O2S2/c1-12(2)14-9-6-13(7-10-14)8-11-17(25)23-21(27)24-20-18(19(22)26)15-4-3-5-16(15)28-20/h6-12H,3-5H2,1-2H3,(H2,22,26)(H2,23,24,25,27). The number of carbonyl (C=O) groups excluding carboxylic acids is 2. The van der Waals surface area contributed by atoms with Crippen LogP contribution in [0.15, 0.2) is 30.3 Å². The molecule has 1 aliphatic rings. The van der Waals surface area contributed by atoms with Crippen molar-refractivity contribution in [1.82, 2.24) is 5.32 Å². The van der Waals surface area contributed by atoms with Crippen LogP contribution in [0.1, 0.15) is 58.1 Å². The van der Waals surface area contributed by atoms with Gasteiger partial charge in [-0.05, 0) is 60.2 Å². The van der Waals surface area contributed by atoms with Crippen LogP contribution in [0.4, 0.5) is 5.00 Å². The monoisotopic (exact) mass is 413 g/mol. The molecule has 0 fully saturated rings. The fourth-order valence-electron chi connectivity index (χ4n) is 3.20. The van der Waals surface area contributed by atoms with E-state index in [1.165, 1.54) is 23.0 Å². The number of benzene rings is 1. The Morgan fingerprint density at radius 1 is 1.21 bits per heavy atom. The second-order valence-corrected chi connectivity index (χ2v) is 8.54. The zero-order chi connectivity index (χ0) is 20.3. The molecule has 1 aromatic heterocycles. The first-order valence-electron chi connectivity index (χ1n) is 9.19. The van der Waals surface area contributed by atoms with E-state index in [1.807, 2.05) is 12.1 Å². The Labute approximate surface area is 174 Å². The molecule has 0 saturated heterocycles. The molecule has 4 N–H and O–H groups in total. The maximum absolute atomic E-state index is 12.1. The van der Waals surface area contributed by atoms with E-state index in [0.29, 0.717) is 16.5 Å². The van der Waals surface area contributed by atoms with E-state index in [1.54, 1.807) is 6.08 Å². The van der Waals surface area contributed by atoms with Gasteiger partial charge in [0, 0.05) is 11.0 Å². The SMILES string of the molecule is CC(C)c1ccc(C=CC(=O)NC(=S)Nc2sc3c(c2C(N)=O)CCC3)cc1. The molecule has 0 spiro atoms. The van der Waals surface area contributed by atoms with Crippen LogP contribution in [0.2, 0.25) is 0 Å². The maximum atomic E-state index is 12.1. The average molecular weight is 414 g/mol. The van der Waals surface area contributed by atoms with E-state index in [2.05, 4.69) is 36.6 Å². The van der Waals surface area contributed by atoms with Crippen LogP contribution >= 0.6 is 23.6 Å². The molecule has 146 valence electrons. The predicted octanol–water partition coefficient (Wildman–Crippen LogP) is 3.99. The first kappa shape index (κ1) is 20.2. The second-order valence-electron chi connectivity index (χ2n) is 7.02. The molecule has 0 radical (unpaired) electrons. The molecule has 1 aromatic carbocycles. The second kappa shape index (κ2) is 8.67. The predicted molar refractivity (Wildman–Crippen MR) is 119 cm³/mol. The number of rotatable bonds is 5. The molecule has 3 rings (SSSR count). The Balaban J connectivity index is 1.61. The van der Waals surface area contributed by atoms with Crippen molar-refractivity contribution < 1.29 is 9.59 Å². The summed E-state index contributed by atoms with van der Waals surface area (Å²) in [6.07, 6.45) is 5.99. The van der Waals surface area contributed by atoms with Gasteiger partial charge >= 0.3 is 0 Å². The van der Waals surface area contributed by atoms with Crippen molar-refractivity contribution in [2.75, 3.05) is 5.32 Å². The van der Waals surface area contributed by atoms with Gasteiger partial charge in [0.05, 0.1) is 5.56 Å². The first-order chi connectivity index (χ1) is 13.3. The summed E-state index contributed by atoms with van der Waals surface area (Å²) in [5.41, 5.74) is 9.23. The molecule has 1 heterocycles. The summed E-state index contributed by atoms with van der Waals surface area (Å²) >= 11 is 6.70. The highest BCUT2D eigenvalue weighted by Crippen LogP contribution is 2.38. The fourth-order valence-corrected chi connectivity index (χ4v) is 4.77. The summed E-state index contributed by atoms with van der Waals surface area (Å²) < 4.78 is 0. The zero-order valence-electron chi connectivity index (χ0n) is 15.9. The van der Waals surface area contributed by atoms with Crippen molar-refractivity contribution >= 4 is 51.6 Å². The number of carbonyl (C=O) groups is 2. The Bertz CT molecular complexity index is 943. The Morgan fingerprint density at radius 3 is 2.57 bits per heavy atom. The number of thiocarbonyl (C=S) groups is 1. The van der Waals surface area contributed by atoms with Gasteiger partial charge < -0.3 is 11.1 Å². The van der Waals surface area contributed by atoms with Crippen molar-refractivity contribution in [3.63, 3.8) is 0 Å². The van der Waals surface area contributed by atoms with E-state index < -0.39 is 5.91 Å². The molecule has 0 atom stereocenters. The van der Waals surface area contributed by atoms with Crippen LogP contribution < -0.4 is 16.4 Å². The summed E-state index contributed by atoms with van der Waals surface area (Å²) in [6.45, 7) is 4.27. The summed E-state index contributed by atoms with van der Waals surface area (Å²) in [7, 11) is 0. The molecule has 0 saturated carbocycles. The molecule has 0 bridgehead atoms. The van der Waals surface area contributed by atoms with Crippen molar-refractivity contribution in [1.29, 1.82) is 0 Å². The number of fused-ring (bicyclic) bond motifs is 1. The summed E-state index contributed by atoms with van der Waals surface area (Å²) in [4.78, 5) is 25.1. The van der Waals surface area contributed by atoms with Crippen LogP contribution in [-0.4, -0.2) is 16.9 Å². The molecule has 0 unspecified atom stereocenters. The third kappa shape index (κ3) is 4.66. The number of primary amides is 1. The van der Waals surface area contributed by atoms with E-state index in [0.717, 1.165) is 35.3 Å². The molecule has 5 nitrogen and oxygen atoms in total. The third-order valence-electron chi connectivity index (χ3n) is 4.66. The van der Waals surface area contributed by atoms with E-state index in [9.17, 15) is 9.59 Å². The number of amides is 2. The number of hydrogen-bond donors (Lipinski definition) is 3. The number of hydrogen-bond acceptors (Lipinski definition) is 4. The molecule has 7 heteroatoms.